The van der Waals surface area contributed by atoms with Crippen LogP contribution < -0.4 is 5.32 Å². The van der Waals surface area contributed by atoms with Gasteiger partial charge in [-0.15, -0.1) is 0 Å². The van der Waals surface area contributed by atoms with Gasteiger partial charge in [0.2, 0.25) is 0 Å². The van der Waals surface area contributed by atoms with Crippen molar-refractivity contribution in [2.75, 3.05) is 0 Å². The summed E-state index contributed by atoms with van der Waals surface area (Å²) in [5.41, 5.74) is 1.35. The average molecular weight is 286 g/mol. The highest BCUT2D eigenvalue weighted by atomic mass is 16.1. The Bertz CT molecular complexity index is 845. The van der Waals surface area contributed by atoms with E-state index in [1.165, 1.54) is 0 Å². The molecule has 0 fully saturated rings. The maximum Gasteiger partial charge on any atom is 0.252 e. The standard InChI is InChI=1S/C19H14N2O/c20-13-18(21-19(22)15-8-2-1-3-9-15)17-12-6-10-14-7-4-5-11-16(14)17/h1-12,18H,(H,21,22)/t18-/m0/s1. The number of carbonyl (C=O) groups excluding carboxylic acids is 1. The van der Waals surface area contributed by atoms with Crippen molar-refractivity contribution in [2.24, 2.45) is 0 Å². The third-order valence-electron chi connectivity index (χ3n) is 3.57. The molecule has 3 rings (SSSR count). The average Bonchev–Trinajstić information content (AvgIpc) is 2.60. The van der Waals surface area contributed by atoms with Gasteiger partial charge in [-0.25, -0.2) is 0 Å². The predicted octanol–water partition coefficient (Wildman–Crippen LogP) is 3.83. The summed E-state index contributed by atoms with van der Waals surface area (Å²) in [7, 11) is 0. The van der Waals surface area contributed by atoms with Crippen LogP contribution in [-0.2, 0) is 0 Å². The molecule has 3 heteroatoms. The molecule has 0 unspecified atom stereocenters. The van der Waals surface area contributed by atoms with Crippen LogP contribution in [-0.4, -0.2) is 5.91 Å². The van der Waals surface area contributed by atoms with Gasteiger partial charge in [-0.3, -0.25) is 4.79 Å². The summed E-state index contributed by atoms with van der Waals surface area (Å²) >= 11 is 0. The second kappa shape index (κ2) is 6.11. The summed E-state index contributed by atoms with van der Waals surface area (Å²) < 4.78 is 0. The number of nitriles is 1. The molecule has 0 aliphatic heterocycles. The van der Waals surface area contributed by atoms with Crippen LogP contribution in [0.2, 0.25) is 0 Å². The lowest BCUT2D eigenvalue weighted by Crippen LogP contribution is -2.27. The van der Waals surface area contributed by atoms with Crippen LogP contribution in [0.25, 0.3) is 10.8 Å². The number of carbonyl (C=O) groups is 1. The molecule has 3 aromatic carbocycles. The monoisotopic (exact) mass is 286 g/mol. The summed E-state index contributed by atoms with van der Waals surface area (Å²) in [6, 6.07) is 24.0. The summed E-state index contributed by atoms with van der Waals surface area (Å²) in [5.74, 6) is -0.250. The summed E-state index contributed by atoms with van der Waals surface area (Å²) in [6.07, 6.45) is 0. The third kappa shape index (κ3) is 2.68. The van der Waals surface area contributed by atoms with Crippen LogP contribution in [0.3, 0.4) is 0 Å². The minimum absolute atomic E-state index is 0.250. The maximum absolute atomic E-state index is 12.3. The van der Waals surface area contributed by atoms with E-state index in [1.807, 2.05) is 48.5 Å². The molecule has 1 amide bonds. The number of fused-ring (bicyclic) bond motifs is 1. The van der Waals surface area contributed by atoms with Gasteiger partial charge in [0.15, 0.2) is 0 Å². The van der Waals surface area contributed by atoms with E-state index in [9.17, 15) is 10.1 Å². The zero-order valence-electron chi connectivity index (χ0n) is 11.9. The Morgan fingerprint density at radius 3 is 2.36 bits per heavy atom. The minimum atomic E-state index is -0.682. The van der Waals surface area contributed by atoms with Gasteiger partial charge in [-0.1, -0.05) is 60.7 Å². The van der Waals surface area contributed by atoms with Crippen molar-refractivity contribution in [1.82, 2.24) is 5.32 Å². The van der Waals surface area contributed by atoms with Gasteiger partial charge in [0.25, 0.3) is 5.91 Å². The largest absolute Gasteiger partial charge is 0.332 e. The highest BCUT2D eigenvalue weighted by Gasteiger charge is 2.16. The normalized spacial score (nSPS) is 11.6. The van der Waals surface area contributed by atoms with E-state index >= 15 is 0 Å². The highest BCUT2D eigenvalue weighted by Crippen LogP contribution is 2.24. The summed E-state index contributed by atoms with van der Waals surface area (Å²) in [4.78, 5) is 12.3. The quantitative estimate of drug-likeness (QED) is 0.795. The van der Waals surface area contributed by atoms with E-state index in [1.54, 1.807) is 24.3 Å². The molecule has 0 saturated heterocycles. The molecule has 0 aliphatic rings. The van der Waals surface area contributed by atoms with Crippen LogP contribution in [0.4, 0.5) is 0 Å². The number of amides is 1. The molecule has 1 N–H and O–H groups in total. The van der Waals surface area contributed by atoms with Crippen LogP contribution in [0, 0.1) is 11.3 Å². The van der Waals surface area contributed by atoms with Gasteiger partial charge in [0.1, 0.15) is 6.04 Å². The molecular formula is C19H14N2O. The van der Waals surface area contributed by atoms with Gasteiger partial charge < -0.3 is 5.32 Å². The molecule has 3 nitrogen and oxygen atoms in total. The zero-order valence-corrected chi connectivity index (χ0v) is 11.9. The molecular weight excluding hydrogens is 272 g/mol. The van der Waals surface area contributed by atoms with E-state index in [0.717, 1.165) is 16.3 Å². The SMILES string of the molecule is N#C[C@H](NC(=O)c1ccccc1)c1cccc2ccccc12. The van der Waals surface area contributed by atoms with Crippen molar-refractivity contribution in [3.8, 4) is 6.07 Å². The number of nitrogens with zero attached hydrogens (tertiary/aromatic N) is 1. The van der Waals surface area contributed by atoms with Crippen LogP contribution in [0.1, 0.15) is 22.0 Å². The predicted molar refractivity (Wildman–Crippen MR) is 86.2 cm³/mol. The Morgan fingerprint density at radius 2 is 1.59 bits per heavy atom. The lowest BCUT2D eigenvalue weighted by molar-refractivity contribution is 0.0945. The Labute approximate surface area is 128 Å². The molecule has 0 aliphatic carbocycles. The van der Waals surface area contributed by atoms with E-state index in [4.69, 9.17) is 0 Å². The van der Waals surface area contributed by atoms with E-state index in [2.05, 4.69) is 11.4 Å². The first-order valence-electron chi connectivity index (χ1n) is 7.03. The molecule has 3 aromatic rings. The number of hydrogen-bond acceptors (Lipinski definition) is 2. The van der Waals surface area contributed by atoms with Gasteiger partial charge in [-0.2, -0.15) is 5.26 Å². The first-order chi connectivity index (χ1) is 10.8. The van der Waals surface area contributed by atoms with Crippen molar-refractivity contribution < 1.29 is 4.79 Å². The van der Waals surface area contributed by atoms with E-state index in [0.29, 0.717) is 5.56 Å². The fourth-order valence-corrected chi connectivity index (χ4v) is 2.49. The lowest BCUT2D eigenvalue weighted by Gasteiger charge is -2.14. The maximum atomic E-state index is 12.3. The third-order valence-corrected chi connectivity index (χ3v) is 3.57. The van der Waals surface area contributed by atoms with Crippen LogP contribution in [0.5, 0.6) is 0 Å². The van der Waals surface area contributed by atoms with Gasteiger partial charge in [0.05, 0.1) is 6.07 Å². The molecule has 0 aromatic heterocycles. The van der Waals surface area contributed by atoms with Crippen molar-refractivity contribution in [1.29, 1.82) is 5.26 Å². The number of nitrogens with one attached hydrogen (secondary N) is 1. The molecule has 0 saturated carbocycles. The first kappa shape index (κ1) is 13.8. The smallest absolute Gasteiger partial charge is 0.252 e. The molecule has 0 bridgehead atoms. The number of hydrogen-bond donors (Lipinski definition) is 1. The molecule has 106 valence electrons. The molecule has 22 heavy (non-hydrogen) atoms. The minimum Gasteiger partial charge on any atom is -0.332 e. The second-order valence-electron chi connectivity index (χ2n) is 4.97. The van der Waals surface area contributed by atoms with E-state index < -0.39 is 6.04 Å². The highest BCUT2D eigenvalue weighted by molar-refractivity contribution is 5.95. The Morgan fingerprint density at radius 1 is 0.909 bits per heavy atom. The Balaban J connectivity index is 1.94. The van der Waals surface area contributed by atoms with Crippen molar-refractivity contribution in [2.45, 2.75) is 6.04 Å². The first-order valence-corrected chi connectivity index (χ1v) is 7.03. The Hall–Kier alpha value is -3.12. The molecule has 0 spiro atoms. The summed E-state index contributed by atoms with van der Waals surface area (Å²) in [5, 5.41) is 14.3. The Kier molecular flexibility index (Phi) is 3.84. The summed E-state index contributed by atoms with van der Waals surface area (Å²) in [6.45, 7) is 0. The van der Waals surface area contributed by atoms with Gasteiger partial charge in [-0.05, 0) is 28.5 Å². The molecule has 0 radical (unpaired) electrons. The second-order valence-corrected chi connectivity index (χ2v) is 4.97. The van der Waals surface area contributed by atoms with Gasteiger partial charge >= 0.3 is 0 Å². The molecule has 0 heterocycles. The lowest BCUT2D eigenvalue weighted by atomic mass is 9.99. The fraction of sp³-hybridized carbons (Fsp3) is 0.0526. The number of benzene rings is 3. The fourth-order valence-electron chi connectivity index (χ4n) is 2.49. The van der Waals surface area contributed by atoms with Crippen LogP contribution >= 0.6 is 0 Å². The van der Waals surface area contributed by atoms with E-state index in [-0.39, 0.29) is 5.91 Å². The van der Waals surface area contributed by atoms with Gasteiger partial charge in [0, 0.05) is 5.56 Å². The zero-order chi connectivity index (χ0) is 15.4. The number of rotatable bonds is 3. The van der Waals surface area contributed by atoms with Crippen molar-refractivity contribution in [3.63, 3.8) is 0 Å². The van der Waals surface area contributed by atoms with Crippen LogP contribution in [0.15, 0.2) is 72.8 Å². The molecule has 1 atom stereocenters. The topological polar surface area (TPSA) is 52.9 Å². The van der Waals surface area contributed by atoms with Crippen molar-refractivity contribution >= 4 is 16.7 Å². The van der Waals surface area contributed by atoms with Crippen molar-refractivity contribution in [3.05, 3.63) is 83.9 Å².